The zero-order valence-electron chi connectivity index (χ0n) is 9.90. The molecule has 0 unspecified atom stereocenters. The molecule has 96 valence electrons. The Kier molecular flexibility index (Phi) is 5.45. The Hall–Kier alpha value is -2.29. The molecule has 0 fully saturated rings. The highest BCUT2D eigenvalue weighted by molar-refractivity contribution is 5.67. The van der Waals surface area contributed by atoms with E-state index in [1.807, 2.05) is 6.07 Å². The molecule has 0 aliphatic carbocycles. The number of hydrogen-bond donors (Lipinski definition) is 1. The monoisotopic (exact) mass is 252 g/mol. The van der Waals surface area contributed by atoms with Crippen LogP contribution in [0.2, 0.25) is 0 Å². The number of nitrogens with one attached hydrogen (secondary N) is 1. The van der Waals surface area contributed by atoms with Crippen molar-refractivity contribution in [2.75, 3.05) is 13.7 Å². The van der Waals surface area contributed by atoms with E-state index < -0.39 is 11.9 Å². The molecule has 1 aromatic carbocycles. The number of carbonyl (C=O) groups excluding carboxylic acids is 1. The lowest BCUT2D eigenvalue weighted by molar-refractivity contribution is 0.139. The minimum Gasteiger partial charge on any atom is -0.494 e. The maximum Gasteiger partial charge on any atom is 0.407 e. The summed E-state index contributed by atoms with van der Waals surface area (Å²) >= 11 is 0. The van der Waals surface area contributed by atoms with E-state index in [0.29, 0.717) is 5.56 Å². The van der Waals surface area contributed by atoms with Crippen LogP contribution in [0.4, 0.5) is 9.18 Å². The summed E-state index contributed by atoms with van der Waals surface area (Å²) in [6.07, 6.45) is -0.423. The highest BCUT2D eigenvalue weighted by Crippen LogP contribution is 2.17. The summed E-state index contributed by atoms with van der Waals surface area (Å²) in [5, 5.41) is 10.7. The average molecular weight is 252 g/mol. The van der Waals surface area contributed by atoms with E-state index in [4.69, 9.17) is 14.7 Å². The molecule has 0 aliphatic heterocycles. The van der Waals surface area contributed by atoms with Crippen molar-refractivity contribution in [1.82, 2.24) is 5.32 Å². The lowest BCUT2D eigenvalue weighted by Crippen LogP contribution is -2.24. The molecule has 0 radical (unpaired) electrons. The van der Waals surface area contributed by atoms with E-state index in [-0.39, 0.29) is 25.3 Å². The number of nitriles is 1. The molecule has 1 amide bonds. The fourth-order valence-corrected chi connectivity index (χ4v) is 1.22. The standard InChI is InChI=1S/C12H13FN2O3/c1-17-11-4-3-9(7-10(11)13)8-18-12(16)15-6-2-5-14/h3-4,7H,2,6,8H2,1H3,(H,15,16). The van der Waals surface area contributed by atoms with Crippen molar-refractivity contribution in [2.45, 2.75) is 13.0 Å². The first-order valence-electron chi connectivity index (χ1n) is 5.27. The van der Waals surface area contributed by atoms with E-state index in [1.54, 1.807) is 6.07 Å². The van der Waals surface area contributed by atoms with Crippen LogP contribution in [-0.4, -0.2) is 19.7 Å². The Morgan fingerprint density at radius 1 is 1.56 bits per heavy atom. The van der Waals surface area contributed by atoms with Gasteiger partial charge < -0.3 is 14.8 Å². The van der Waals surface area contributed by atoms with Crippen LogP contribution in [0.25, 0.3) is 0 Å². The number of benzene rings is 1. The molecular formula is C12H13FN2O3. The number of halogens is 1. The topological polar surface area (TPSA) is 71.3 Å². The Bertz CT molecular complexity index is 457. The lowest BCUT2D eigenvalue weighted by Gasteiger charge is -2.07. The fourth-order valence-electron chi connectivity index (χ4n) is 1.22. The van der Waals surface area contributed by atoms with Gasteiger partial charge in [0.25, 0.3) is 0 Å². The van der Waals surface area contributed by atoms with Crippen LogP contribution in [0, 0.1) is 17.1 Å². The summed E-state index contributed by atoms with van der Waals surface area (Å²) in [5.41, 5.74) is 0.517. The van der Waals surface area contributed by atoms with Crippen molar-refractivity contribution in [3.63, 3.8) is 0 Å². The molecule has 0 atom stereocenters. The lowest BCUT2D eigenvalue weighted by atomic mass is 10.2. The van der Waals surface area contributed by atoms with Crippen molar-refractivity contribution in [3.8, 4) is 11.8 Å². The fraction of sp³-hybridized carbons (Fsp3) is 0.333. The summed E-state index contributed by atoms with van der Waals surface area (Å²) in [6.45, 7) is 0.186. The third-order valence-electron chi connectivity index (χ3n) is 2.09. The Balaban J connectivity index is 2.42. The Morgan fingerprint density at radius 2 is 2.33 bits per heavy atom. The summed E-state index contributed by atoms with van der Waals surface area (Å²) in [4.78, 5) is 11.1. The van der Waals surface area contributed by atoms with Gasteiger partial charge in [0.05, 0.1) is 19.6 Å². The quantitative estimate of drug-likeness (QED) is 0.813. The second-order valence-corrected chi connectivity index (χ2v) is 3.38. The maximum absolute atomic E-state index is 13.3. The van der Waals surface area contributed by atoms with Crippen LogP contribution in [0.1, 0.15) is 12.0 Å². The largest absolute Gasteiger partial charge is 0.494 e. The zero-order chi connectivity index (χ0) is 13.4. The van der Waals surface area contributed by atoms with E-state index >= 15 is 0 Å². The molecule has 0 saturated heterocycles. The molecule has 0 bridgehead atoms. The molecule has 5 nitrogen and oxygen atoms in total. The summed E-state index contributed by atoms with van der Waals surface area (Å²) < 4.78 is 22.9. The van der Waals surface area contributed by atoms with Crippen molar-refractivity contribution >= 4 is 6.09 Å². The van der Waals surface area contributed by atoms with Gasteiger partial charge in [-0.25, -0.2) is 9.18 Å². The number of nitrogens with zero attached hydrogens (tertiary/aromatic N) is 1. The minimum atomic E-state index is -0.638. The second-order valence-electron chi connectivity index (χ2n) is 3.38. The van der Waals surface area contributed by atoms with Gasteiger partial charge in [-0.2, -0.15) is 5.26 Å². The van der Waals surface area contributed by atoms with E-state index in [9.17, 15) is 9.18 Å². The van der Waals surface area contributed by atoms with Gasteiger partial charge in [-0.15, -0.1) is 0 Å². The van der Waals surface area contributed by atoms with Gasteiger partial charge in [0, 0.05) is 6.54 Å². The first kappa shape index (κ1) is 13.8. The zero-order valence-corrected chi connectivity index (χ0v) is 9.90. The predicted octanol–water partition coefficient (Wildman–Crippen LogP) is 1.97. The normalized spacial score (nSPS) is 9.39. The van der Waals surface area contributed by atoms with Crippen molar-refractivity contribution in [1.29, 1.82) is 5.26 Å². The second kappa shape index (κ2) is 7.12. The van der Waals surface area contributed by atoms with Gasteiger partial charge in [-0.3, -0.25) is 0 Å². The van der Waals surface area contributed by atoms with Gasteiger partial charge >= 0.3 is 6.09 Å². The summed E-state index contributed by atoms with van der Waals surface area (Å²) in [7, 11) is 1.37. The number of ether oxygens (including phenoxy) is 2. The SMILES string of the molecule is COc1ccc(COC(=O)NCCC#N)cc1F. The first-order chi connectivity index (χ1) is 8.67. The van der Waals surface area contributed by atoms with Crippen LogP contribution >= 0.6 is 0 Å². The van der Waals surface area contributed by atoms with Crippen LogP contribution in [0.5, 0.6) is 5.75 Å². The predicted molar refractivity (Wildman–Crippen MR) is 61.4 cm³/mol. The van der Waals surface area contributed by atoms with Crippen LogP contribution in [0.15, 0.2) is 18.2 Å². The highest BCUT2D eigenvalue weighted by atomic mass is 19.1. The van der Waals surface area contributed by atoms with Crippen molar-refractivity contribution < 1.29 is 18.7 Å². The minimum absolute atomic E-state index is 0.0424. The maximum atomic E-state index is 13.3. The third-order valence-corrected chi connectivity index (χ3v) is 2.09. The molecule has 1 N–H and O–H groups in total. The molecule has 18 heavy (non-hydrogen) atoms. The summed E-state index contributed by atoms with van der Waals surface area (Å²) in [6, 6.07) is 6.18. The smallest absolute Gasteiger partial charge is 0.407 e. The van der Waals surface area contributed by atoms with Crippen LogP contribution in [0.3, 0.4) is 0 Å². The van der Waals surface area contributed by atoms with E-state index in [1.165, 1.54) is 19.2 Å². The molecule has 0 heterocycles. The first-order valence-corrected chi connectivity index (χ1v) is 5.27. The molecule has 0 aromatic heterocycles. The third kappa shape index (κ3) is 4.29. The summed E-state index contributed by atoms with van der Waals surface area (Å²) in [5.74, 6) is -0.374. The average Bonchev–Trinajstić information content (AvgIpc) is 2.37. The Labute approximate surface area is 104 Å². The molecule has 0 saturated carbocycles. The molecular weight excluding hydrogens is 239 g/mol. The number of methoxy groups -OCH3 is 1. The Morgan fingerprint density at radius 3 is 2.94 bits per heavy atom. The molecule has 1 aromatic rings. The van der Waals surface area contributed by atoms with Gasteiger partial charge in [0.15, 0.2) is 11.6 Å². The van der Waals surface area contributed by atoms with Crippen LogP contribution < -0.4 is 10.1 Å². The number of amides is 1. The van der Waals surface area contributed by atoms with Gasteiger partial charge in [-0.1, -0.05) is 6.07 Å². The molecule has 6 heteroatoms. The van der Waals surface area contributed by atoms with Crippen molar-refractivity contribution in [2.24, 2.45) is 0 Å². The van der Waals surface area contributed by atoms with Crippen molar-refractivity contribution in [3.05, 3.63) is 29.6 Å². The number of rotatable bonds is 5. The highest BCUT2D eigenvalue weighted by Gasteiger charge is 2.06. The van der Waals surface area contributed by atoms with Gasteiger partial charge in [0.1, 0.15) is 6.61 Å². The van der Waals surface area contributed by atoms with E-state index in [2.05, 4.69) is 5.32 Å². The number of hydrogen-bond acceptors (Lipinski definition) is 4. The van der Waals surface area contributed by atoms with Gasteiger partial charge in [-0.05, 0) is 17.7 Å². The van der Waals surface area contributed by atoms with Gasteiger partial charge in [0.2, 0.25) is 0 Å². The molecule has 1 rings (SSSR count). The molecule has 0 spiro atoms. The number of alkyl carbamates (subject to hydrolysis) is 1. The molecule has 0 aliphatic rings. The van der Waals surface area contributed by atoms with E-state index in [0.717, 1.165) is 0 Å². The number of carbonyl (C=O) groups is 1. The van der Waals surface area contributed by atoms with Crippen LogP contribution in [-0.2, 0) is 11.3 Å².